The Morgan fingerprint density at radius 2 is 2.11 bits per heavy atom. The van der Waals surface area contributed by atoms with Crippen molar-refractivity contribution in [3.8, 4) is 0 Å². The predicted molar refractivity (Wildman–Crippen MR) is 78.9 cm³/mol. The molecule has 0 saturated carbocycles. The maximum Gasteiger partial charge on any atom is 0.178 e. The highest BCUT2D eigenvalue weighted by Crippen LogP contribution is 2.22. The Labute approximate surface area is 116 Å². The molecule has 0 aliphatic heterocycles. The third kappa shape index (κ3) is 2.36. The van der Waals surface area contributed by atoms with Gasteiger partial charge in [-0.1, -0.05) is 12.1 Å². The van der Waals surface area contributed by atoms with Crippen LogP contribution in [0, 0.1) is 4.77 Å². The molecule has 0 spiro atoms. The summed E-state index contributed by atoms with van der Waals surface area (Å²) in [5.74, 6) is 1.03. The van der Waals surface area contributed by atoms with Crippen molar-refractivity contribution in [1.82, 2.24) is 9.55 Å². The molecule has 0 bridgehead atoms. The molecule has 3 rings (SSSR count). The summed E-state index contributed by atoms with van der Waals surface area (Å²) < 4.78 is 8.35. The molecule has 98 valence electrons. The van der Waals surface area contributed by atoms with Crippen LogP contribution in [0.1, 0.15) is 25.1 Å². The number of furan rings is 1. The SMILES string of the molecule is CC(CCc1ccco1)n1c(=S)[nH]c2ccccc21. The van der Waals surface area contributed by atoms with Crippen LogP contribution in [-0.2, 0) is 6.42 Å². The Kier molecular flexibility index (Phi) is 3.25. The fraction of sp³-hybridized carbons (Fsp3) is 0.267. The Bertz CT molecular complexity index is 724. The number of aromatic nitrogens is 2. The first-order valence-corrected chi connectivity index (χ1v) is 6.88. The van der Waals surface area contributed by atoms with Gasteiger partial charge in [-0.25, -0.2) is 0 Å². The molecule has 3 aromatic rings. The summed E-state index contributed by atoms with van der Waals surface area (Å²) in [5, 5.41) is 0. The van der Waals surface area contributed by atoms with Crippen LogP contribution in [0.3, 0.4) is 0 Å². The van der Waals surface area contributed by atoms with Gasteiger partial charge >= 0.3 is 0 Å². The van der Waals surface area contributed by atoms with Gasteiger partial charge in [0.15, 0.2) is 4.77 Å². The van der Waals surface area contributed by atoms with Crippen molar-refractivity contribution in [3.05, 3.63) is 53.2 Å². The molecule has 2 aromatic heterocycles. The van der Waals surface area contributed by atoms with Crippen molar-refractivity contribution in [2.24, 2.45) is 0 Å². The Balaban J connectivity index is 1.87. The van der Waals surface area contributed by atoms with Gasteiger partial charge in [0.05, 0.1) is 17.3 Å². The van der Waals surface area contributed by atoms with Crippen LogP contribution in [0.25, 0.3) is 11.0 Å². The molecule has 0 saturated heterocycles. The van der Waals surface area contributed by atoms with Crippen molar-refractivity contribution >= 4 is 23.3 Å². The number of hydrogen-bond acceptors (Lipinski definition) is 2. The number of benzene rings is 1. The van der Waals surface area contributed by atoms with E-state index in [1.807, 2.05) is 24.3 Å². The highest BCUT2D eigenvalue weighted by atomic mass is 32.1. The minimum atomic E-state index is 0.341. The molecule has 0 aliphatic rings. The van der Waals surface area contributed by atoms with Crippen LogP contribution >= 0.6 is 12.2 Å². The number of rotatable bonds is 4. The van der Waals surface area contributed by atoms with Crippen molar-refractivity contribution in [2.75, 3.05) is 0 Å². The summed E-state index contributed by atoms with van der Waals surface area (Å²) in [6, 6.07) is 12.5. The van der Waals surface area contributed by atoms with Crippen LogP contribution in [0.2, 0.25) is 0 Å². The maximum atomic E-state index is 5.43. The monoisotopic (exact) mass is 272 g/mol. The fourth-order valence-electron chi connectivity index (χ4n) is 2.45. The minimum absolute atomic E-state index is 0.341. The third-order valence-electron chi connectivity index (χ3n) is 3.45. The first kappa shape index (κ1) is 12.2. The standard InChI is InChI=1S/C15H16N2OS/c1-11(8-9-12-5-4-10-18-12)17-14-7-3-2-6-13(14)16-15(17)19/h2-7,10-11H,8-9H2,1H3,(H,16,19). The van der Waals surface area contributed by atoms with Gasteiger partial charge in [-0.3, -0.25) is 0 Å². The molecule has 1 atom stereocenters. The molecule has 0 radical (unpaired) electrons. The van der Waals surface area contributed by atoms with Gasteiger partial charge in [0.2, 0.25) is 0 Å². The summed E-state index contributed by atoms with van der Waals surface area (Å²) in [6.07, 6.45) is 3.65. The first-order chi connectivity index (χ1) is 9.25. The highest BCUT2D eigenvalue weighted by Gasteiger charge is 2.11. The third-order valence-corrected chi connectivity index (χ3v) is 3.75. The summed E-state index contributed by atoms with van der Waals surface area (Å²) >= 11 is 5.43. The van der Waals surface area contributed by atoms with Crippen LogP contribution in [-0.4, -0.2) is 9.55 Å². The number of aromatic amines is 1. The number of nitrogens with one attached hydrogen (secondary N) is 1. The van der Waals surface area contributed by atoms with Gasteiger partial charge in [0, 0.05) is 12.5 Å². The quantitative estimate of drug-likeness (QED) is 0.710. The van der Waals surface area contributed by atoms with Gasteiger partial charge in [0.1, 0.15) is 5.76 Å². The Morgan fingerprint density at radius 3 is 2.89 bits per heavy atom. The number of H-pyrrole nitrogens is 1. The van der Waals surface area contributed by atoms with E-state index in [-0.39, 0.29) is 0 Å². The van der Waals surface area contributed by atoms with Crippen molar-refractivity contribution in [3.63, 3.8) is 0 Å². The molecule has 0 aliphatic carbocycles. The smallest absolute Gasteiger partial charge is 0.178 e. The molecule has 3 nitrogen and oxygen atoms in total. The number of hydrogen-bond donors (Lipinski definition) is 1. The number of aryl methyl sites for hydroxylation is 1. The van der Waals surface area contributed by atoms with Gasteiger partial charge < -0.3 is 14.0 Å². The Morgan fingerprint density at radius 1 is 1.26 bits per heavy atom. The average molecular weight is 272 g/mol. The highest BCUT2D eigenvalue weighted by molar-refractivity contribution is 7.71. The number of para-hydroxylation sites is 2. The van der Waals surface area contributed by atoms with Gasteiger partial charge in [0.25, 0.3) is 0 Å². The van der Waals surface area contributed by atoms with E-state index in [9.17, 15) is 0 Å². The van der Waals surface area contributed by atoms with E-state index in [2.05, 4.69) is 28.6 Å². The van der Waals surface area contributed by atoms with Gasteiger partial charge in [-0.05, 0) is 49.8 Å². The van der Waals surface area contributed by atoms with E-state index in [0.717, 1.165) is 28.9 Å². The second-order valence-electron chi connectivity index (χ2n) is 4.78. The Hall–Kier alpha value is -1.81. The lowest BCUT2D eigenvalue weighted by Gasteiger charge is -2.13. The van der Waals surface area contributed by atoms with Crippen LogP contribution < -0.4 is 0 Å². The second kappa shape index (κ2) is 5.05. The summed E-state index contributed by atoms with van der Waals surface area (Å²) in [4.78, 5) is 3.26. The molecule has 2 heterocycles. The molecule has 4 heteroatoms. The zero-order valence-corrected chi connectivity index (χ0v) is 11.6. The zero-order valence-electron chi connectivity index (χ0n) is 10.8. The van der Waals surface area contributed by atoms with Crippen LogP contribution in [0.5, 0.6) is 0 Å². The van der Waals surface area contributed by atoms with E-state index in [0.29, 0.717) is 6.04 Å². The lowest BCUT2D eigenvalue weighted by molar-refractivity contribution is 0.455. The van der Waals surface area contributed by atoms with E-state index >= 15 is 0 Å². The van der Waals surface area contributed by atoms with Gasteiger partial charge in [-0.2, -0.15) is 0 Å². The number of imidazole rings is 1. The van der Waals surface area contributed by atoms with E-state index in [4.69, 9.17) is 16.6 Å². The van der Waals surface area contributed by atoms with Crippen molar-refractivity contribution in [2.45, 2.75) is 25.8 Å². The first-order valence-electron chi connectivity index (χ1n) is 6.47. The van der Waals surface area contributed by atoms with Crippen LogP contribution in [0.15, 0.2) is 47.1 Å². The zero-order chi connectivity index (χ0) is 13.2. The van der Waals surface area contributed by atoms with E-state index < -0.39 is 0 Å². The molecule has 1 N–H and O–H groups in total. The van der Waals surface area contributed by atoms with E-state index in [1.165, 1.54) is 5.52 Å². The molecule has 0 amide bonds. The number of nitrogens with zero attached hydrogens (tertiary/aromatic N) is 1. The largest absolute Gasteiger partial charge is 0.469 e. The topological polar surface area (TPSA) is 33.9 Å². The molecule has 0 fully saturated rings. The fourth-order valence-corrected chi connectivity index (χ4v) is 2.84. The summed E-state index contributed by atoms with van der Waals surface area (Å²) in [6.45, 7) is 2.19. The normalized spacial score (nSPS) is 12.9. The second-order valence-corrected chi connectivity index (χ2v) is 5.17. The molecule has 1 aromatic carbocycles. The molecular weight excluding hydrogens is 256 g/mol. The average Bonchev–Trinajstić information content (AvgIpc) is 3.02. The predicted octanol–water partition coefficient (Wildman–Crippen LogP) is 4.49. The summed E-state index contributed by atoms with van der Waals surface area (Å²) in [7, 11) is 0. The van der Waals surface area contributed by atoms with Crippen LogP contribution in [0.4, 0.5) is 0 Å². The minimum Gasteiger partial charge on any atom is -0.469 e. The molecule has 1 unspecified atom stereocenters. The lowest BCUT2D eigenvalue weighted by atomic mass is 10.1. The van der Waals surface area contributed by atoms with Crippen molar-refractivity contribution in [1.29, 1.82) is 0 Å². The molecule has 19 heavy (non-hydrogen) atoms. The van der Waals surface area contributed by atoms with Crippen molar-refractivity contribution < 1.29 is 4.42 Å². The maximum absolute atomic E-state index is 5.43. The van der Waals surface area contributed by atoms with Gasteiger partial charge in [-0.15, -0.1) is 0 Å². The molecular formula is C15H16N2OS. The number of fused-ring (bicyclic) bond motifs is 1. The van der Waals surface area contributed by atoms with E-state index in [1.54, 1.807) is 6.26 Å². The lowest BCUT2D eigenvalue weighted by Crippen LogP contribution is -2.06. The summed E-state index contributed by atoms with van der Waals surface area (Å²) in [5.41, 5.74) is 2.26.